The van der Waals surface area contributed by atoms with Crippen LogP contribution in [0.1, 0.15) is 29.7 Å². The topological polar surface area (TPSA) is 57.2 Å². The first kappa shape index (κ1) is 16.1. The molecular formula is C16H22ClN5O. The lowest BCUT2D eigenvalue weighted by Crippen LogP contribution is -2.35. The molecule has 0 unspecified atom stereocenters. The predicted octanol–water partition coefficient (Wildman–Crippen LogP) is 2.23. The van der Waals surface area contributed by atoms with Gasteiger partial charge in [0.25, 0.3) is 5.91 Å². The minimum atomic E-state index is 0.0220. The number of halogens is 1. The molecule has 6 nitrogen and oxygen atoms in total. The number of nitrogens with one attached hydrogen (secondary N) is 1. The van der Waals surface area contributed by atoms with Gasteiger partial charge in [-0.3, -0.25) is 9.69 Å². The molecule has 3 rings (SSSR count). The fourth-order valence-corrected chi connectivity index (χ4v) is 3.14. The first-order chi connectivity index (χ1) is 11.2. The molecule has 3 heterocycles. The summed E-state index contributed by atoms with van der Waals surface area (Å²) in [6.07, 6.45) is 6.47. The number of aromatic amines is 1. The van der Waals surface area contributed by atoms with Gasteiger partial charge in [0, 0.05) is 51.3 Å². The van der Waals surface area contributed by atoms with E-state index in [-0.39, 0.29) is 5.91 Å². The van der Waals surface area contributed by atoms with Crippen molar-refractivity contribution < 1.29 is 4.79 Å². The van der Waals surface area contributed by atoms with E-state index in [4.69, 9.17) is 11.6 Å². The summed E-state index contributed by atoms with van der Waals surface area (Å²) in [6.45, 7) is 7.22. The number of nitrogens with zero attached hydrogens (tertiary/aromatic N) is 4. The summed E-state index contributed by atoms with van der Waals surface area (Å²) in [7, 11) is 0. The number of carbonyl (C=O) groups excluding carboxylic acids is 1. The van der Waals surface area contributed by atoms with Gasteiger partial charge in [0.1, 0.15) is 11.5 Å². The lowest BCUT2D eigenvalue weighted by atomic mass is 10.3. The Morgan fingerprint density at radius 1 is 1.35 bits per heavy atom. The number of H-pyrrole nitrogens is 1. The quantitative estimate of drug-likeness (QED) is 0.932. The summed E-state index contributed by atoms with van der Waals surface area (Å²) in [6, 6.07) is 1.69. The van der Waals surface area contributed by atoms with Crippen LogP contribution in [0.15, 0.2) is 24.7 Å². The Labute approximate surface area is 141 Å². The van der Waals surface area contributed by atoms with E-state index in [9.17, 15) is 4.79 Å². The predicted molar refractivity (Wildman–Crippen MR) is 89.5 cm³/mol. The molecule has 0 aliphatic carbocycles. The zero-order chi connectivity index (χ0) is 16.2. The summed E-state index contributed by atoms with van der Waals surface area (Å²) in [4.78, 5) is 24.1. The van der Waals surface area contributed by atoms with Crippen molar-refractivity contribution in [2.45, 2.75) is 26.4 Å². The van der Waals surface area contributed by atoms with E-state index in [1.807, 2.05) is 17.3 Å². The highest BCUT2D eigenvalue weighted by molar-refractivity contribution is 6.30. The molecule has 7 heteroatoms. The van der Waals surface area contributed by atoms with Crippen molar-refractivity contribution in [2.75, 3.05) is 26.2 Å². The van der Waals surface area contributed by atoms with Gasteiger partial charge in [0.05, 0.1) is 11.6 Å². The zero-order valence-corrected chi connectivity index (χ0v) is 14.1. The molecular weight excluding hydrogens is 314 g/mol. The van der Waals surface area contributed by atoms with Crippen molar-refractivity contribution in [1.82, 2.24) is 24.3 Å². The third-order valence-electron chi connectivity index (χ3n) is 4.26. The minimum Gasteiger partial charge on any atom is -0.356 e. The number of carbonyl (C=O) groups is 1. The molecule has 1 saturated heterocycles. The Balaban J connectivity index is 1.60. The molecule has 1 amide bonds. The Bertz CT molecular complexity index is 665. The van der Waals surface area contributed by atoms with Gasteiger partial charge in [-0.15, -0.1) is 0 Å². The van der Waals surface area contributed by atoms with Gasteiger partial charge in [0.15, 0.2) is 0 Å². The van der Waals surface area contributed by atoms with Crippen LogP contribution < -0.4 is 0 Å². The zero-order valence-electron chi connectivity index (χ0n) is 13.3. The van der Waals surface area contributed by atoms with E-state index in [1.165, 1.54) is 0 Å². The van der Waals surface area contributed by atoms with Gasteiger partial charge in [-0.1, -0.05) is 11.6 Å². The Morgan fingerprint density at radius 3 is 2.96 bits per heavy atom. The largest absolute Gasteiger partial charge is 0.356 e. The number of amides is 1. The van der Waals surface area contributed by atoms with Crippen LogP contribution in [0.25, 0.3) is 0 Å². The van der Waals surface area contributed by atoms with E-state index in [1.54, 1.807) is 12.3 Å². The molecule has 0 radical (unpaired) electrons. The Kier molecular flexibility index (Phi) is 5.03. The summed E-state index contributed by atoms with van der Waals surface area (Å²) in [5.41, 5.74) is 0.560. The SMILES string of the molecule is CCn1ccnc1CN1CCCN(C(=O)c2cc(Cl)c[nH]2)CC1. The van der Waals surface area contributed by atoms with Crippen LogP contribution in [0.5, 0.6) is 0 Å². The first-order valence-corrected chi connectivity index (χ1v) is 8.40. The first-order valence-electron chi connectivity index (χ1n) is 8.03. The number of aromatic nitrogens is 3. The van der Waals surface area contributed by atoms with Gasteiger partial charge in [0.2, 0.25) is 0 Å². The number of aryl methyl sites for hydroxylation is 1. The van der Waals surface area contributed by atoms with Crippen LogP contribution in [-0.2, 0) is 13.1 Å². The van der Waals surface area contributed by atoms with Crippen molar-refractivity contribution in [3.8, 4) is 0 Å². The minimum absolute atomic E-state index is 0.0220. The highest BCUT2D eigenvalue weighted by Crippen LogP contribution is 2.14. The molecule has 1 aliphatic rings. The van der Waals surface area contributed by atoms with Crippen molar-refractivity contribution >= 4 is 17.5 Å². The lowest BCUT2D eigenvalue weighted by Gasteiger charge is -2.21. The molecule has 2 aromatic rings. The smallest absolute Gasteiger partial charge is 0.270 e. The van der Waals surface area contributed by atoms with Gasteiger partial charge in [-0.25, -0.2) is 4.98 Å². The molecule has 23 heavy (non-hydrogen) atoms. The van der Waals surface area contributed by atoms with Gasteiger partial charge < -0.3 is 14.5 Å². The maximum absolute atomic E-state index is 12.5. The summed E-state index contributed by atoms with van der Waals surface area (Å²) >= 11 is 5.89. The summed E-state index contributed by atoms with van der Waals surface area (Å²) in [5, 5.41) is 0.566. The van der Waals surface area contributed by atoms with E-state index < -0.39 is 0 Å². The van der Waals surface area contributed by atoms with Crippen molar-refractivity contribution in [3.63, 3.8) is 0 Å². The molecule has 2 aromatic heterocycles. The van der Waals surface area contributed by atoms with Gasteiger partial charge in [-0.2, -0.15) is 0 Å². The fourth-order valence-electron chi connectivity index (χ4n) is 2.97. The van der Waals surface area contributed by atoms with Crippen LogP contribution in [0.4, 0.5) is 0 Å². The molecule has 0 saturated carbocycles. The average Bonchev–Trinajstić information content (AvgIpc) is 3.11. The second-order valence-electron chi connectivity index (χ2n) is 5.78. The maximum Gasteiger partial charge on any atom is 0.270 e. The van der Waals surface area contributed by atoms with E-state index in [2.05, 4.69) is 26.4 Å². The lowest BCUT2D eigenvalue weighted by molar-refractivity contribution is 0.0756. The van der Waals surface area contributed by atoms with Crippen molar-refractivity contribution in [1.29, 1.82) is 0 Å². The van der Waals surface area contributed by atoms with Crippen molar-refractivity contribution in [3.05, 3.63) is 41.2 Å². The molecule has 1 aliphatic heterocycles. The van der Waals surface area contributed by atoms with Crippen LogP contribution in [0.2, 0.25) is 5.02 Å². The third kappa shape index (κ3) is 3.76. The molecule has 0 atom stereocenters. The van der Waals surface area contributed by atoms with Crippen LogP contribution in [0, 0.1) is 0 Å². The Morgan fingerprint density at radius 2 is 2.22 bits per heavy atom. The molecule has 0 spiro atoms. The number of hydrogen-bond donors (Lipinski definition) is 1. The molecule has 124 valence electrons. The normalized spacial score (nSPS) is 16.5. The monoisotopic (exact) mass is 335 g/mol. The highest BCUT2D eigenvalue weighted by atomic mass is 35.5. The van der Waals surface area contributed by atoms with Gasteiger partial charge >= 0.3 is 0 Å². The number of hydrogen-bond acceptors (Lipinski definition) is 3. The van der Waals surface area contributed by atoms with E-state index >= 15 is 0 Å². The molecule has 1 fully saturated rings. The fraction of sp³-hybridized carbons (Fsp3) is 0.500. The highest BCUT2D eigenvalue weighted by Gasteiger charge is 2.22. The van der Waals surface area contributed by atoms with Gasteiger partial charge in [-0.05, 0) is 19.4 Å². The maximum atomic E-state index is 12.5. The van der Waals surface area contributed by atoms with Crippen LogP contribution >= 0.6 is 11.6 Å². The molecule has 0 aromatic carbocycles. The molecule has 1 N–H and O–H groups in total. The summed E-state index contributed by atoms with van der Waals surface area (Å²) < 4.78 is 2.16. The second kappa shape index (κ2) is 7.19. The van der Waals surface area contributed by atoms with Crippen LogP contribution in [0.3, 0.4) is 0 Å². The van der Waals surface area contributed by atoms with Crippen LogP contribution in [-0.4, -0.2) is 56.4 Å². The molecule has 0 bridgehead atoms. The third-order valence-corrected chi connectivity index (χ3v) is 4.48. The number of imidazole rings is 1. The average molecular weight is 336 g/mol. The Hall–Kier alpha value is -1.79. The van der Waals surface area contributed by atoms with E-state index in [0.29, 0.717) is 10.7 Å². The van der Waals surface area contributed by atoms with E-state index in [0.717, 1.165) is 51.5 Å². The second-order valence-corrected chi connectivity index (χ2v) is 6.22. The summed E-state index contributed by atoms with van der Waals surface area (Å²) in [5.74, 6) is 1.11. The number of rotatable bonds is 4. The standard InChI is InChI=1S/C16H22ClN5O/c1-2-21-7-4-18-15(21)12-20-5-3-6-22(9-8-20)16(23)14-10-13(17)11-19-14/h4,7,10-11,19H,2-3,5-6,8-9,12H2,1H3. The van der Waals surface area contributed by atoms with Crippen molar-refractivity contribution in [2.24, 2.45) is 0 Å².